The molecule has 3 rings (SSSR count). The summed E-state index contributed by atoms with van der Waals surface area (Å²) in [4.78, 5) is 25.9. The number of hydrogen-bond acceptors (Lipinski definition) is 5. The van der Waals surface area contributed by atoms with Gasteiger partial charge in [-0.2, -0.15) is 0 Å². The minimum atomic E-state index is -3.66. The van der Waals surface area contributed by atoms with E-state index in [9.17, 15) is 18.0 Å². The summed E-state index contributed by atoms with van der Waals surface area (Å²) in [6.45, 7) is 6.00. The lowest BCUT2D eigenvalue weighted by Crippen LogP contribution is -2.40. The normalized spacial score (nSPS) is 11.7. The molecule has 7 nitrogen and oxygen atoms in total. The van der Waals surface area contributed by atoms with Crippen LogP contribution in [0.25, 0.3) is 0 Å². The van der Waals surface area contributed by atoms with Gasteiger partial charge >= 0.3 is 0 Å². The molecule has 0 fully saturated rings. The van der Waals surface area contributed by atoms with Gasteiger partial charge in [0, 0.05) is 33.8 Å². The average Bonchev–Trinajstić information content (AvgIpc) is 3.26. The van der Waals surface area contributed by atoms with Crippen LogP contribution in [0.4, 0.5) is 5.69 Å². The first-order valence-electron chi connectivity index (χ1n) is 10.4. The van der Waals surface area contributed by atoms with Gasteiger partial charge < -0.3 is 10.6 Å². The van der Waals surface area contributed by atoms with Gasteiger partial charge in [-0.1, -0.05) is 6.07 Å². The smallest absolute Gasteiger partial charge is 0.255 e. The first kappa shape index (κ1) is 24.6. The minimum Gasteiger partial charge on any atom is -0.347 e. The van der Waals surface area contributed by atoms with E-state index in [1.165, 1.54) is 24.3 Å². The molecule has 1 heterocycles. The molecule has 2 amide bonds. The second-order valence-corrected chi connectivity index (χ2v) is 11.3. The third-order valence-corrected chi connectivity index (χ3v) is 6.98. The lowest BCUT2D eigenvalue weighted by Gasteiger charge is -2.20. The van der Waals surface area contributed by atoms with Crippen LogP contribution >= 0.6 is 11.3 Å². The topological polar surface area (TPSA) is 104 Å². The van der Waals surface area contributed by atoms with Gasteiger partial charge in [-0.25, -0.2) is 13.1 Å². The molecule has 0 saturated heterocycles. The molecule has 0 atom stereocenters. The maximum atomic E-state index is 12.5. The number of carbonyl (C=O) groups is 2. The summed E-state index contributed by atoms with van der Waals surface area (Å²) >= 11 is 1.58. The third kappa shape index (κ3) is 7.24. The average molecular weight is 486 g/mol. The molecule has 3 aromatic rings. The maximum absolute atomic E-state index is 12.5. The van der Waals surface area contributed by atoms with Crippen LogP contribution in [0, 0.1) is 0 Å². The van der Waals surface area contributed by atoms with Crippen LogP contribution in [0.2, 0.25) is 0 Å². The van der Waals surface area contributed by atoms with Crippen LogP contribution in [0.5, 0.6) is 0 Å². The largest absolute Gasteiger partial charge is 0.347 e. The molecule has 174 valence electrons. The Morgan fingerprint density at radius 3 is 2.06 bits per heavy atom. The van der Waals surface area contributed by atoms with E-state index in [1.54, 1.807) is 35.6 Å². The molecular weight excluding hydrogens is 458 g/mol. The van der Waals surface area contributed by atoms with Crippen LogP contribution in [0.1, 0.15) is 46.4 Å². The molecular formula is C24H27N3O4S2. The maximum Gasteiger partial charge on any atom is 0.255 e. The van der Waals surface area contributed by atoms with Gasteiger partial charge in [-0.05, 0) is 87.2 Å². The fourth-order valence-electron chi connectivity index (χ4n) is 2.95. The van der Waals surface area contributed by atoms with Gasteiger partial charge in [0.25, 0.3) is 11.8 Å². The summed E-state index contributed by atoms with van der Waals surface area (Å²) < 4.78 is 27.5. The van der Waals surface area contributed by atoms with Gasteiger partial charge in [0.05, 0.1) is 4.90 Å². The molecule has 33 heavy (non-hydrogen) atoms. The van der Waals surface area contributed by atoms with Gasteiger partial charge in [0.2, 0.25) is 10.0 Å². The Hall–Kier alpha value is -3.01. The van der Waals surface area contributed by atoms with E-state index >= 15 is 0 Å². The van der Waals surface area contributed by atoms with E-state index < -0.39 is 10.0 Å². The van der Waals surface area contributed by atoms with Gasteiger partial charge in [-0.3, -0.25) is 9.59 Å². The molecule has 0 aliphatic carbocycles. The highest BCUT2D eigenvalue weighted by Gasteiger charge is 2.16. The SMILES string of the molecule is CC(C)(C)NC(=O)c1ccc(NC(=O)c2ccc(S(=O)(=O)NCCc3cccs3)cc2)cc1. The monoisotopic (exact) mass is 485 g/mol. The lowest BCUT2D eigenvalue weighted by atomic mass is 10.1. The molecule has 2 aromatic carbocycles. The van der Waals surface area contributed by atoms with Crippen LogP contribution < -0.4 is 15.4 Å². The zero-order valence-corrected chi connectivity index (χ0v) is 20.3. The zero-order chi connectivity index (χ0) is 24.1. The van der Waals surface area contributed by atoms with Crippen molar-refractivity contribution >= 4 is 38.9 Å². The van der Waals surface area contributed by atoms with Crippen molar-refractivity contribution in [2.45, 2.75) is 37.6 Å². The van der Waals surface area contributed by atoms with Gasteiger partial charge in [-0.15, -0.1) is 11.3 Å². The summed E-state index contributed by atoms with van der Waals surface area (Å²) in [5, 5.41) is 7.57. The van der Waals surface area contributed by atoms with Crippen molar-refractivity contribution in [2.24, 2.45) is 0 Å². The van der Waals surface area contributed by atoms with Crippen molar-refractivity contribution < 1.29 is 18.0 Å². The van der Waals surface area contributed by atoms with E-state index in [0.717, 1.165) is 4.88 Å². The first-order valence-corrected chi connectivity index (χ1v) is 12.8. The van der Waals surface area contributed by atoms with Gasteiger partial charge in [0.15, 0.2) is 0 Å². The quantitative estimate of drug-likeness (QED) is 0.448. The standard InChI is InChI=1S/C24H27N3O4S2/c1-24(2,3)27-23(29)18-6-10-19(11-7-18)26-22(28)17-8-12-21(13-9-17)33(30,31)25-15-14-20-5-4-16-32-20/h4-13,16,25H,14-15H2,1-3H3,(H,26,28)(H,27,29). The van der Waals surface area contributed by atoms with E-state index in [-0.39, 0.29) is 22.2 Å². The number of hydrogen-bond donors (Lipinski definition) is 3. The fourth-order valence-corrected chi connectivity index (χ4v) is 4.69. The van der Waals surface area contributed by atoms with Crippen LogP contribution in [0.3, 0.4) is 0 Å². The summed E-state index contributed by atoms with van der Waals surface area (Å²) in [6.07, 6.45) is 0.619. The molecule has 3 N–H and O–H groups in total. The molecule has 1 aromatic heterocycles. The molecule has 0 aliphatic heterocycles. The van der Waals surface area contributed by atoms with Crippen LogP contribution in [-0.4, -0.2) is 32.3 Å². The van der Waals surface area contributed by atoms with Crippen molar-refractivity contribution in [3.8, 4) is 0 Å². The Morgan fingerprint density at radius 2 is 1.48 bits per heavy atom. The highest BCUT2D eigenvalue weighted by atomic mass is 32.2. The number of amides is 2. The molecule has 0 aliphatic rings. The van der Waals surface area contributed by atoms with Gasteiger partial charge in [0.1, 0.15) is 0 Å². The first-order chi connectivity index (χ1) is 15.5. The molecule has 0 saturated carbocycles. The van der Waals surface area contributed by atoms with E-state index in [0.29, 0.717) is 29.8 Å². The van der Waals surface area contributed by atoms with Crippen molar-refractivity contribution in [1.29, 1.82) is 0 Å². The second kappa shape index (κ2) is 10.3. The number of thiophene rings is 1. The van der Waals surface area contributed by atoms with Crippen molar-refractivity contribution in [2.75, 3.05) is 11.9 Å². The molecule has 0 unspecified atom stereocenters. The Morgan fingerprint density at radius 1 is 0.879 bits per heavy atom. The minimum absolute atomic E-state index is 0.0967. The molecule has 0 spiro atoms. The number of sulfonamides is 1. The van der Waals surface area contributed by atoms with Crippen molar-refractivity contribution in [1.82, 2.24) is 10.0 Å². The van der Waals surface area contributed by atoms with Crippen molar-refractivity contribution in [3.63, 3.8) is 0 Å². The Balaban J connectivity index is 1.58. The number of anilines is 1. The Bertz CT molecular complexity index is 1200. The summed E-state index contributed by atoms with van der Waals surface area (Å²) in [5.74, 6) is -0.572. The highest BCUT2D eigenvalue weighted by molar-refractivity contribution is 7.89. The third-order valence-electron chi connectivity index (χ3n) is 4.56. The van der Waals surface area contributed by atoms with E-state index in [4.69, 9.17) is 0 Å². The summed E-state index contributed by atoms with van der Waals surface area (Å²) in [6, 6.07) is 16.2. The zero-order valence-electron chi connectivity index (χ0n) is 18.7. The summed E-state index contributed by atoms with van der Waals surface area (Å²) in [7, 11) is -3.66. The number of rotatable bonds is 8. The van der Waals surface area contributed by atoms with Crippen LogP contribution in [-0.2, 0) is 16.4 Å². The van der Waals surface area contributed by atoms with E-state index in [2.05, 4.69) is 15.4 Å². The molecule has 9 heteroatoms. The highest BCUT2D eigenvalue weighted by Crippen LogP contribution is 2.15. The predicted octanol–water partition coefficient (Wildman–Crippen LogP) is 4.05. The van der Waals surface area contributed by atoms with Crippen LogP contribution in [0.15, 0.2) is 70.9 Å². The number of nitrogens with one attached hydrogen (secondary N) is 3. The number of benzene rings is 2. The second-order valence-electron chi connectivity index (χ2n) is 8.49. The Kier molecular flexibility index (Phi) is 7.68. The predicted molar refractivity (Wildman–Crippen MR) is 131 cm³/mol. The lowest BCUT2D eigenvalue weighted by molar-refractivity contribution is 0.0919. The molecule has 0 bridgehead atoms. The Labute approximate surface area is 198 Å². The van der Waals surface area contributed by atoms with Crippen molar-refractivity contribution in [3.05, 3.63) is 82.0 Å². The van der Waals surface area contributed by atoms with E-state index in [1.807, 2.05) is 38.3 Å². The number of carbonyl (C=O) groups excluding carboxylic acids is 2. The molecule has 0 radical (unpaired) electrons. The summed E-state index contributed by atoms with van der Waals surface area (Å²) in [5.41, 5.74) is 0.994. The fraction of sp³-hybridized carbons (Fsp3) is 0.250.